The summed E-state index contributed by atoms with van der Waals surface area (Å²) in [5.74, 6) is 1.88. The molecule has 1 aromatic heterocycles. The Morgan fingerprint density at radius 2 is 1.40 bits per heavy atom. The van der Waals surface area contributed by atoms with Crippen LogP contribution in [-0.4, -0.2) is 35.4 Å². The molecule has 1 heterocycles. The molecule has 9 heteroatoms. The monoisotopic (exact) mass is 474 g/mol. The third-order valence-electron chi connectivity index (χ3n) is 5.47. The van der Waals surface area contributed by atoms with Crippen LogP contribution < -0.4 is 30.9 Å². The highest BCUT2D eigenvalue weighted by Crippen LogP contribution is 2.30. The first-order valence-electron chi connectivity index (χ1n) is 10.9. The van der Waals surface area contributed by atoms with E-state index in [1.807, 2.05) is 54.6 Å². The van der Waals surface area contributed by atoms with Crippen LogP contribution in [0.1, 0.15) is 11.1 Å². The number of benzene rings is 3. The molecule has 0 saturated heterocycles. The first kappa shape index (κ1) is 23.6. The Hall–Kier alpha value is -4.53. The summed E-state index contributed by atoms with van der Waals surface area (Å²) in [7, 11) is 4.67. The maximum absolute atomic E-state index is 13.5. The number of rotatable bonds is 9. The molecule has 180 valence electrons. The number of ether oxygens (including phenoxy) is 3. The van der Waals surface area contributed by atoms with E-state index in [0.717, 1.165) is 15.7 Å². The molecule has 0 aliphatic rings. The second kappa shape index (κ2) is 10.6. The van der Waals surface area contributed by atoms with Crippen molar-refractivity contribution in [3.63, 3.8) is 0 Å². The summed E-state index contributed by atoms with van der Waals surface area (Å²) in [6.07, 6.45) is 0. The maximum atomic E-state index is 13.5. The number of nitrogens with one attached hydrogen (secondary N) is 1. The van der Waals surface area contributed by atoms with Crippen LogP contribution in [0, 0.1) is 0 Å². The van der Waals surface area contributed by atoms with Crippen LogP contribution in [0.5, 0.6) is 17.2 Å². The van der Waals surface area contributed by atoms with Crippen molar-refractivity contribution in [3.8, 4) is 17.2 Å². The van der Waals surface area contributed by atoms with Crippen LogP contribution in [0.25, 0.3) is 0 Å². The Morgan fingerprint density at radius 3 is 2.06 bits per heavy atom. The van der Waals surface area contributed by atoms with E-state index in [1.54, 1.807) is 32.4 Å². The van der Waals surface area contributed by atoms with Crippen LogP contribution in [0.2, 0.25) is 0 Å². The molecule has 0 spiro atoms. The Labute approximate surface area is 202 Å². The summed E-state index contributed by atoms with van der Waals surface area (Å²) in [4.78, 5) is 30.7. The molecule has 4 aromatic rings. The highest BCUT2D eigenvalue weighted by atomic mass is 16.5. The minimum absolute atomic E-state index is 0.116. The van der Waals surface area contributed by atoms with E-state index in [9.17, 15) is 9.59 Å². The molecule has 9 nitrogen and oxygen atoms in total. The van der Waals surface area contributed by atoms with Crippen molar-refractivity contribution in [1.29, 1.82) is 0 Å². The summed E-state index contributed by atoms with van der Waals surface area (Å²) >= 11 is 0. The molecule has 4 rings (SSSR count). The van der Waals surface area contributed by atoms with Gasteiger partial charge >= 0.3 is 11.4 Å². The molecule has 0 radical (unpaired) electrons. The van der Waals surface area contributed by atoms with Gasteiger partial charge in [-0.15, -0.1) is 0 Å². The molecule has 1 N–H and O–H groups in total. The zero-order chi connectivity index (χ0) is 24.8. The molecule has 0 amide bonds. The minimum atomic E-state index is -0.646. The first-order chi connectivity index (χ1) is 17.0. The van der Waals surface area contributed by atoms with Gasteiger partial charge in [-0.05, 0) is 35.4 Å². The topological polar surface area (TPSA) is 96.6 Å². The van der Waals surface area contributed by atoms with Crippen LogP contribution in [-0.2, 0) is 13.1 Å². The fourth-order valence-electron chi connectivity index (χ4n) is 3.63. The van der Waals surface area contributed by atoms with Gasteiger partial charge < -0.3 is 19.5 Å². The first-order valence-corrected chi connectivity index (χ1v) is 10.9. The second-order valence-electron chi connectivity index (χ2n) is 7.70. The van der Waals surface area contributed by atoms with E-state index in [2.05, 4.69) is 10.3 Å². The molecular formula is C26H26N4O5. The lowest BCUT2D eigenvalue weighted by Crippen LogP contribution is -2.43. The lowest BCUT2D eigenvalue weighted by atomic mass is 10.2. The molecular weight excluding hydrogens is 448 g/mol. The van der Waals surface area contributed by atoms with E-state index in [-0.39, 0.29) is 19.0 Å². The van der Waals surface area contributed by atoms with Gasteiger partial charge in [0, 0.05) is 11.8 Å². The predicted molar refractivity (Wildman–Crippen MR) is 133 cm³/mol. The van der Waals surface area contributed by atoms with Crippen LogP contribution in [0.15, 0.2) is 82.4 Å². The van der Waals surface area contributed by atoms with Crippen molar-refractivity contribution in [2.24, 2.45) is 0 Å². The fraction of sp³-hybridized carbons (Fsp3) is 0.192. The van der Waals surface area contributed by atoms with Gasteiger partial charge in [0.2, 0.25) is 5.95 Å². The fourth-order valence-corrected chi connectivity index (χ4v) is 3.63. The summed E-state index contributed by atoms with van der Waals surface area (Å²) < 4.78 is 18.4. The van der Waals surface area contributed by atoms with E-state index in [1.165, 1.54) is 11.7 Å². The Balaban J connectivity index is 1.78. The highest BCUT2D eigenvalue weighted by Gasteiger charge is 2.15. The third kappa shape index (κ3) is 5.35. The van der Waals surface area contributed by atoms with Gasteiger partial charge in [-0.3, -0.25) is 4.57 Å². The van der Waals surface area contributed by atoms with Crippen molar-refractivity contribution in [2.45, 2.75) is 13.1 Å². The van der Waals surface area contributed by atoms with Crippen molar-refractivity contribution >= 4 is 11.6 Å². The third-order valence-corrected chi connectivity index (χ3v) is 5.47. The van der Waals surface area contributed by atoms with E-state index in [4.69, 9.17) is 14.2 Å². The standard InChI is InChI=1S/C26H26N4O5/c1-33-21-12-9-19(10-13-21)16-29-24(27-20-11-14-22(34-2)23(15-20)35-3)28-25(31)30(26(29)32)17-18-7-5-4-6-8-18/h4-15H,16-17H2,1-3H3,(H,27,28,31). The number of aromatic nitrogens is 3. The summed E-state index contributed by atoms with van der Waals surface area (Å²) in [6, 6.07) is 21.8. The van der Waals surface area contributed by atoms with Gasteiger partial charge in [-0.1, -0.05) is 42.5 Å². The molecule has 0 bridgehead atoms. The van der Waals surface area contributed by atoms with Gasteiger partial charge in [0.25, 0.3) is 0 Å². The number of nitrogens with zero attached hydrogens (tertiary/aromatic N) is 3. The molecule has 35 heavy (non-hydrogen) atoms. The van der Waals surface area contributed by atoms with Crippen LogP contribution in [0.3, 0.4) is 0 Å². The zero-order valence-electron chi connectivity index (χ0n) is 19.7. The second-order valence-corrected chi connectivity index (χ2v) is 7.70. The average Bonchev–Trinajstić information content (AvgIpc) is 2.89. The normalized spacial score (nSPS) is 10.6. The zero-order valence-corrected chi connectivity index (χ0v) is 19.7. The van der Waals surface area contributed by atoms with Gasteiger partial charge in [0.1, 0.15) is 5.75 Å². The lowest BCUT2D eigenvalue weighted by Gasteiger charge is -2.17. The number of hydrogen-bond acceptors (Lipinski definition) is 7. The minimum Gasteiger partial charge on any atom is -0.497 e. The average molecular weight is 475 g/mol. The van der Waals surface area contributed by atoms with Gasteiger partial charge in [0.15, 0.2) is 11.5 Å². The molecule has 3 aromatic carbocycles. The van der Waals surface area contributed by atoms with E-state index in [0.29, 0.717) is 22.9 Å². The van der Waals surface area contributed by atoms with Crippen molar-refractivity contribution in [1.82, 2.24) is 14.1 Å². The Morgan fingerprint density at radius 1 is 0.743 bits per heavy atom. The van der Waals surface area contributed by atoms with Crippen LogP contribution >= 0.6 is 0 Å². The predicted octanol–water partition coefficient (Wildman–Crippen LogP) is 3.27. The van der Waals surface area contributed by atoms with E-state index < -0.39 is 11.4 Å². The van der Waals surface area contributed by atoms with Gasteiger partial charge in [-0.25, -0.2) is 14.2 Å². The molecule has 0 aliphatic heterocycles. The maximum Gasteiger partial charge on any atom is 0.355 e. The van der Waals surface area contributed by atoms with Crippen LogP contribution in [0.4, 0.5) is 11.6 Å². The van der Waals surface area contributed by atoms with Crippen molar-refractivity contribution in [3.05, 3.63) is 105 Å². The molecule has 0 unspecified atom stereocenters. The summed E-state index contributed by atoms with van der Waals surface area (Å²) in [6.45, 7) is 0.311. The molecule has 0 fully saturated rings. The number of anilines is 2. The number of hydrogen-bond donors (Lipinski definition) is 1. The highest BCUT2D eigenvalue weighted by molar-refractivity contribution is 5.60. The lowest BCUT2D eigenvalue weighted by molar-refractivity contribution is 0.355. The van der Waals surface area contributed by atoms with Gasteiger partial charge in [0.05, 0.1) is 34.4 Å². The van der Waals surface area contributed by atoms with Crippen molar-refractivity contribution < 1.29 is 14.2 Å². The number of methoxy groups -OCH3 is 3. The molecule has 0 saturated carbocycles. The quantitative estimate of drug-likeness (QED) is 0.398. The van der Waals surface area contributed by atoms with Gasteiger partial charge in [-0.2, -0.15) is 4.98 Å². The van der Waals surface area contributed by atoms with E-state index >= 15 is 0 Å². The Kier molecular flexibility index (Phi) is 7.15. The molecule has 0 aliphatic carbocycles. The summed E-state index contributed by atoms with van der Waals surface area (Å²) in [5.41, 5.74) is 1.12. The van der Waals surface area contributed by atoms with Crippen molar-refractivity contribution in [2.75, 3.05) is 26.6 Å². The smallest absolute Gasteiger partial charge is 0.355 e. The largest absolute Gasteiger partial charge is 0.497 e. The Bertz CT molecular complexity index is 1410. The summed E-state index contributed by atoms with van der Waals surface area (Å²) in [5, 5.41) is 3.09. The SMILES string of the molecule is COc1ccc(Cn2c(Nc3ccc(OC)c(OC)c3)nc(=O)n(Cc3ccccc3)c2=O)cc1. The molecule has 0 atom stereocenters.